The van der Waals surface area contributed by atoms with Gasteiger partial charge in [-0.2, -0.15) is 13.2 Å². The third kappa shape index (κ3) is 3.93. The number of aromatic nitrogens is 4. The molecule has 10 heteroatoms. The molecule has 3 heterocycles. The number of pyridine rings is 1. The lowest BCUT2D eigenvalue weighted by atomic mass is 9.98. The molecule has 4 nitrogen and oxygen atoms in total. The van der Waals surface area contributed by atoms with Crippen LogP contribution in [0.1, 0.15) is 37.0 Å². The van der Waals surface area contributed by atoms with Crippen molar-refractivity contribution in [1.82, 2.24) is 19.6 Å². The quantitative estimate of drug-likeness (QED) is 0.542. The maximum atomic E-state index is 13.0. The Bertz CT molecular complexity index is 912. The summed E-state index contributed by atoms with van der Waals surface area (Å²) >= 11 is 8.75. The SMILES string of the molecule is CC(C)(C)c1nc(CSc2nnc3c(Cl)cc(C(F)(F)F)cn23)cs1. The molecule has 3 rings (SSSR count). The molecule has 0 N–H and O–H groups in total. The third-order valence-corrected chi connectivity index (χ3v) is 5.87. The summed E-state index contributed by atoms with van der Waals surface area (Å²) < 4.78 is 40.2. The highest BCUT2D eigenvalue weighted by Gasteiger charge is 2.32. The molecule has 25 heavy (non-hydrogen) atoms. The van der Waals surface area contributed by atoms with E-state index >= 15 is 0 Å². The molecule has 3 aromatic rings. The van der Waals surface area contributed by atoms with Gasteiger partial charge in [-0.15, -0.1) is 21.5 Å². The summed E-state index contributed by atoms with van der Waals surface area (Å²) in [6, 6.07) is 0.857. The molecule has 0 radical (unpaired) electrons. The average Bonchev–Trinajstić information content (AvgIpc) is 3.10. The van der Waals surface area contributed by atoms with Crippen LogP contribution in [0.15, 0.2) is 22.8 Å². The number of alkyl halides is 3. The fourth-order valence-corrected chi connectivity index (χ4v) is 4.10. The van der Waals surface area contributed by atoms with Crippen LogP contribution < -0.4 is 0 Å². The van der Waals surface area contributed by atoms with E-state index in [9.17, 15) is 13.2 Å². The van der Waals surface area contributed by atoms with Crippen molar-refractivity contribution in [2.45, 2.75) is 43.3 Å². The van der Waals surface area contributed by atoms with Gasteiger partial charge in [-0.05, 0) is 6.07 Å². The molecule has 0 spiro atoms. The number of hydrogen-bond acceptors (Lipinski definition) is 5. The van der Waals surface area contributed by atoms with E-state index in [4.69, 9.17) is 11.6 Å². The second-order valence-electron chi connectivity index (χ2n) is 6.43. The van der Waals surface area contributed by atoms with Crippen LogP contribution in [0.4, 0.5) is 13.2 Å². The van der Waals surface area contributed by atoms with Crippen molar-refractivity contribution in [1.29, 1.82) is 0 Å². The van der Waals surface area contributed by atoms with Crippen molar-refractivity contribution in [3.05, 3.63) is 38.9 Å². The van der Waals surface area contributed by atoms with Gasteiger partial charge in [0.25, 0.3) is 0 Å². The Morgan fingerprint density at radius 2 is 1.96 bits per heavy atom. The van der Waals surface area contributed by atoms with Crippen molar-refractivity contribution < 1.29 is 13.2 Å². The molecule has 0 aliphatic carbocycles. The van der Waals surface area contributed by atoms with E-state index in [-0.39, 0.29) is 16.1 Å². The minimum Gasteiger partial charge on any atom is -0.276 e. The Labute approximate surface area is 155 Å². The molecule has 0 aliphatic heterocycles. The monoisotopic (exact) mass is 406 g/mol. The summed E-state index contributed by atoms with van der Waals surface area (Å²) in [4.78, 5) is 4.57. The number of hydrogen-bond donors (Lipinski definition) is 0. The lowest BCUT2D eigenvalue weighted by Gasteiger charge is -2.13. The molecule has 0 aliphatic rings. The van der Waals surface area contributed by atoms with Crippen LogP contribution >= 0.6 is 34.7 Å². The number of thioether (sulfide) groups is 1. The molecule has 134 valence electrons. The number of rotatable bonds is 3. The Morgan fingerprint density at radius 3 is 2.56 bits per heavy atom. The average molecular weight is 407 g/mol. The molecule has 0 saturated heterocycles. The molecular formula is C15H14ClF3N4S2. The van der Waals surface area contributed by atoms with E-state index in [1.165, 1.54) is 16.2 Å². The molecule has 0 saturated carbocycles. The topological polar surface area (TPSA) is 43.1 Å². The van der Waals surface area contributed by atoms with Gasteiger partial charge >= 0.3 is 6.18 Å². The van der Waals surface area contributed by atoms with Crippen molar-refractivity contribution >= 4 is 40.3 Å². The van der Waals surface area contributed by atoms with Gasteiger partial charge in [-0.25, -0.2) is 4.98 Å². The lowest BCUT2D eigenvalue weighted by Crippen LogP contribution is -2.10. The van der Waals surface area contributed by atoms with Crippen LogP contribution in [0.25, 0.3) is 5.65 Å². The van der Waals surface area contributed by atoms with E-state index in [0.717, 1.165) is 23.0 Å². The summed E-state index contributed by atoms with van der Waals surface area (Å²) in [6.07, 6.45) is -3.52. The maximum Gasteiger partial charge on any atom is 0.417 e. The lowest BCUT2D eigenvalue weighted by molar-refractivity contribution is -0.137. The Balaban J connectivity index is 1.87. The fourth-order valence-electron chi connectivity index (χ4n) is 2.04. The zero-order chi connectivity index (χ0) is 18.4. The molecule has 3 aromatic heterocycles. The highest BCUT2D eigenvalue weighted by molar-refractivity contribution is 7.98. The molecule has 0 amide bonds. The second kappa shape index (κ2) is 6.44. The van der Waals surface area contributed by atoms with Gasteiger partial charge in [-0.3, -0.25) is 4.40 Å². The Kier molecular flexibility index (Phi) is 4.76. The first kappa shape index (κ1) is 18.5. The van der Waals surface area contributed by atoms with Gasteiger partial charge in [0, 0.05) is 22.7 Å². The van der Waals surface area contributed by atoms with Gasteiger partial charge in [0.15, 0.2) is 10.8 Å². The van der Waals surface area contributed by atoms with Crippen LogP contribution in [0.2, 0.25) is 5.02 Å². The number of fused-ring (bicyclic) bond motifs is 1. The van der Waals surface area contributed by atoms with E-state index in [1.807, 2.05) is 5.38 Å². The Morgan fingerprint density at radius 1 is 1.24 bits per heavy atom. The van der Waals surface area contributed by atoms with E-state index in [0.29, 0.717) is 10.9 Å². The summed E-state index contributed by atoms with van der Waals surface area (Å²) in [5.74, 6) is 0.487. The maximum absolute atomic E-state index is 13.0. The van der Waals surface area contributed by atoms with Crippen molar-refractivity contribution in [3.8, 4) is 0 Å². The van der Waals surface area contributed by atoms with Gasteiger partial charge in [-0.1, -0.05) is 44.1 Å². The van der Waals surface area contributed by atoms with Crippen LogP contribution in [0.3, 0.4) is 0 Å². The molecule has 0 atom stereocenters. The second-order valence-corrected chi connectivity index (χ2v) is 8.64. The molecule has 0 unspecified atom stereocenters. The van der Waals surface area contributed by atoms with E-state index < -0.39 is 11.7 Å². The summed E-state index contributed by atoms with van der Waals surface area (Å²) in [5, 5.41) is 11.0. The first-order valence-corrected chi connectivity index (χ1v) is 9.49. The summed E-state index contributed by atoms with van der Waals surface area (Å²) in [7, 11) is 0. The van der Waals surface area contributed by atoms with Gasteiger partial charge in [0.1, 0.15) is 0 Å². The van der Waals surface area contributed by atoms with E-state index in [1.54, 1.807) is 11.3 Å². The standard InChI is InChI=1S/C15H14ClF3N4S2/c1-14(2,3)12-20-9(6-24-12)7-25-13-22-21-11-10(16)4-8(5-23(11)13)15(17,18)19/h4-6H,7H2,1-3H3. The van der Waals surface area contributed by atoms with Crippen molar-refractivity contribution in [2.75, 3.05) is 0 Å². The van der Waals surface area contributed by atoms with E-state index in [2.05, 4.69) is 36.0 Å². The minimum atomic E-state index is -4.49. The minimum absolute atomic E-state index is 0.0374. The zero-order valence-electron chi connectivity index (χ0n) is 13.6. The molecule has 0 bridgehead atoms. The largest absolute Gasteiger partial charge is 0.417 e. The number of thiazole rings is 1. The van der Waals surface area contributed by atoms with Crippen molar-refractivity contribution in [3.63, 3.8) is 0 Å². The zero-order valence-corrected chi connectivity index (χ0v) is 15.9. The highest BCUT2D eigenvalue weighted by atomic mass is 35.5. The van der Waals surface area contributed by atoms with Gasteiger partial charge in [0.05, 0.1) is 21.3 Å². The van der Waals surface area contributed by atoms with Crippen LogP contribution in [-0.4, -0.2) is 19.6 Å². The third-order valence-electron chi connectivity index (χ3n) is 3.30. The first-order chi connectivity index (χ1) is 11.6. The molecule has 0 aromatic carbocycles. The predicted octanol–water partition coefficient (Wildman–Crippen LogP) is 5.45. The smallest absolute Gasteiger partial charge is 0.276 e. The summed E-state index contributed by atoms with van der Waals surface area (Å²) in [6.45, 7) is 6.24. The Hall–Kier alpha value is -1.32. The van der Waals surface area contributed by atoms with Crippen LogP contribution in [0.5, 0.6) is 0 Å². The summed E-state index contributed by atoms with van der Waals surface area (Å²) in [5.41, 5.74) is 0.181. The molecular weight excluding hydrogens is 393 g/mol. The normalized spacial score (nSPS) is 12.9. The predicted molar refractivity (Wildman–Crippen MR) is 93.4 cm³/mol. The van der Waals surface area contributed by atoms with Crippen LogP contribution in [-0.2, 0) is 17.3 Å². The number of halogens is 4. The fraction of sp³-hybridized carbons (Fsp3) is 0.400. The van der Waals surface area contributed by atoms with Gasteiger partial charge in [0.2, 0.25) is 0 Å². The van der Waals surface area contributed by atoms with Gasteiger partial charge < -0.3 is 0 Å². The number of nitrogens with zero attached hydrogens (tertiary/aromatic N) is 4. The van der Waals surface area contributed by atoms with Crippen LogP contribution in [0, 0.1) is 0 Å². The van der Waals surface area contributed by atoms with Crippen molar-refractivity contribution in [2.24, 2.45) is 0 Å². The molecule has 0 fully saturated rings. The first-order valence-electron chi connectivity index (χ1n) is 7.25. The highest BCUT2D eigenvalue weighted by Crippen LogP contribution is 2.34.